The Hall–Kier alpha value is -4.34. The summed E-state index contributed by atoms with van der Waals surface area (Å²) in [6.07, 6.45) is 1.50. The smallest absolute Gasteiger partial charge is 0.346 e. The number of benzene rings is 2. The molecule has 6 aromatic heterocycles. The van der Waals surface area contributed by atoms with Crippen molar-refractivity contribution in [2.75, 3.05) is 4.90 Å². The van der Waals surface area contributed by atoms with Gasteiger partial charge in [-0.15, -0.1) is 68.0 Å². The largest absolute Gasteiger partial charge is 0.477 e. The highest BCUT2D eigenvalue weighted by Gasteiger charge is 2.40. The van der Waals surface area contributed by atoms with E-state index < -0.39 is 5.97 Å². The minimum Gasteiger partial charge on any atom is -0.477 e. The average Bonchev–Trinajstić information content (AvgIpc) is 3.97. The first-order valence-corrected chi connectivity index (χ1v) is 22.0. The van der Waals surface area contributed by atoms with Crippen molar-refractivity contribution in [3.8, 4) is 35.3 Å². The van der Waals surface area contributed by atoms with Crippen molar-refractivity contribution in [3.05, 3.63) is 117 Å². The van der Waals surface area contributed by atoms with Crippen molar-refractivity contribution < 1.29 is 9.90 Å². The zero-order chi connectivity index (χ0) is 36.9. The summed E-state index contributed by atoms with van der Waals surface area (Å²) in [5.74, 6) is -1.20. The maximum atomic E-state index is 11.5. The fourth-order valence-corrected chi connectivity index (χ4v) is 15.8. The van der Waals surface area contributed by atoms with Gasteiger partial charge in [-0.05, 0) is 116 Å². The SMILES string of the molecule is Cc1cccc(N(c2cccc(C)c2)c2ccc(-c3sc4c(sc5c(C)c(-c6cc7c(s6)-c6sc(/C=C(\C#N)C(=O)O)cc6C7(C)C)sc54)c3C)s2)c1. The van der Waals surface area contributed by atoms with Crippen LogP contribution in [0.2, 0.25) is 0 Å². The van der Waals surface area contributed by atoms with E-state index in [-0.39, 0.29) is 11.0 Å². The zero-order valence-corrected chi connectivity index (χ0v) is 34.6. The second-order valence-electron chi connectivity index (χ2n) is 14.0. The van der Waals surface area contributed by atoms with E-state index in [2.05, 4.69) is 119 Å². The van der Waals surface area contributed by atoms with Crippen LogP contribution in [0, 0.1) is 39.0 Å². The number of anilines is 3. The molecule has 1 N–H and O–H groups in total. The number of thiophene rings is 6. The summed E-state index contributed by atoms with van der Waals surface area (Å²) >= 11 is 11.0. The van der Waals surface area contributed by atoms with Crippen LogP contribution < -0.4 is 4.90 Å². The van der Waals surface area contributed by atoms with E-state index >= 15 is 0 Å². The Morgan fingerprint density at radius 2 is 1.26 bits per heavy atom. The van der Waals surface area contributed by atoms with Gasteiger partial charge in [-0.2, -0.15) is 5.26 Å². The third-order valence-electron chi connectivity index (χ3n) is 10.0. The standard InChI is InChI=1S/C43H32N2O2S6/c1-21-9-7-11-26(15-21)45(27-12-8-10-22(2)16-27)33-14-13-31(49-33)34-23(3)36-40(51-34)41-37(53-36)24(4)35(52-41)32-19-30-39(50-32)38-29(43(30,5)6)18-28(48-38)17-25(20-44)42(46)47/h7-19H,1-6H3,(H,46,47)/b25-17+. The molecule has 8 aromatic rings. The van der Waals surface area contributed by atoms with E-state index in [0.29, 0.717) is 0 Å². The number of nitriles is 1. The number of hydrogen-bond acceptors (Lipinski definition) is 9. The van der Waals surface area contributed by atoms with Crippen LogP contribution in [0.25, 0.3) is 54.1 Å². The highest BCUT2D eigenvalue weighted by molar-refractivity contribution is 7.41. The van der Waals surface area contributed by atoms with Crippen LogP contribution in [0.5, 0.6) is 0 Å². The van der Waals surface area contributed by atoms with Crippen molar-refractivity contribution in [1.82, 2.24) is 0 Å². The summed E-state index contributed by atoms with van der Waals surface area (Å²) in [7, 11) is 0. The van der Waals surface area contributed by atoms with E-state index in [1.165, 1.54) is 92.5 Å². The monoisotopic (exact) mass is 800 g/mol. The number of aryl methyl sites for hydroxylation is 4. The second kappa shape index (κ2) is 12.6. The van der Waals surface area contributed by atoms with Gasteiger partial charge in [0.25, 0.3) is 0 Å². The molecule has 6 heterocycles. The molecule has 0 aliphatic heterocycles. The molecule has 2 aromatic carbocycles. The molecule has 0 radical (unpaired) electrons. The number of carbonyl (C=O) groups is 1. The maximum Gasteiger partial charge on any atom is 0.346 e. The van der Waals surface area contributed by atoms with Crippen LogP contribution in [0.1, 0.15) is 52.1 Å². The van der Waals surface area contributed by atoms with E-state index in [1.54, 1.807) is 11.3 Å². The number of carboxylic acids is 1. The van der Waals surface area contributed by atoms with Crippen LogP contribution >= 0.6 is 68.0 Å². The predicted molar refractivity (Wildman–Crippen MR) is 232 cm³/mol. The lowest BCUT2D eigenvalue weighted by molar-refractivity contribution is -0.132. The average molecular weight is 801 g/mol. The van der Waals surface area contributed by atoms with Crippen LogP contribution in [0.15, 0.2) is 78.4 Å². The van der Waals surface area contributed by atoms with Gasteiger partial charge in [-0.3, -0.25) is 0 Å². The molecule has 0 unspecified atom stereocenters. The number of aliphatic carboxylic acids is 1. The lowest BCUT2D eigenvalue weighted by Gasteiger charge is -2.24. The number of nitrogens with zero attached hydrogens (tertiary/aromatic N) is 2. The summed E-state index contributed by atoms with van der Waals surface area (Å²) in [4.78, 5) is 22.4. The van der Waals surface area contributed by atoms with Crippen LogP contribution in [-0.2, 0) is 10.2 Å². The topological polar surface area (TPSA) is 64.3 Å². The fourth-order valence-electron chi connectivity index (χ4n) is 7.30. The highest BCUT2D eigenvalue weighted by Crippen LogP contribution is 2.59. The van der Waals surface area contributed by atoms with Crippen molar-refractivity contribution in [2.24, 2.45) is 0 Å². The minimum absolute atomic E-state index is 0.207. The molecule has 262 valence electrons. The maximum absolute atomic E-state index is 11.5. The predicted octanol–water partition coefficient (Wildman–Crippen LogP) is 14.7. The van der Waals surface area contributed by atoms with Crippen LogP contribution in [0.4, 0.5) is 16.4 Å². The molecule has 0 bridgehead atoms. The van der Waals surface area contributed by atoms with E-state index in [1.807, 2.05) is 62.8 Å². The molecule has 1 aliphatic carbocycles. The quantitative estimate of drug-likeness (QED) is 0.129. The molecule has 0 fully saturated rings. The summed E-state index contributed by atoms with van der Waals surface area (Å²) < 4.78 is 5.54. The van der Waals surface area contributed by atoms with Crippen molar-refractivity contribution in [2.45, 2.75) is 47.0 Å². The molecule has 0 saturated heterocycles. The molecule has 53 heavy (non-hydrogen) atoms. The molecular weight excluding hydrogens is 769 g/mol. The Morgan fingerprint density at radius 3 is 1.85 bits per heavy atom. The molecule has 10 heteroatoms. The number of rotatable bonds is 7. The Balaban J connectivity index is 1.09. The van der Waals surface area contributed by atoms with Crippen LogP contribution in [-0.4, -0.2) is 11.1 Å². The third-order valence-corrected chi connectivity index (χ3v) is 18.3. The summed E-state index contributed by atoms with van der Waals surface area (Å²) in [5, 5.41) is 19.9. The van der Waals surface area contributed by atoms with Crippen LogP contribution in [0.3, 0.4) is 0 Å². The zero-order valence-electron chi connectivity index (χ0n) is 29.7. The fraction of sp³-hybridized carbons (Fsp3) is 0.163. The normalized spacial score (nSPS) is 13.5. The van der Waals surface area contributed by atoms with E-state index in [4.69, 9.17) is 0 Å². The van der Waals surface area contributed by atoms with Crippen molar-refractivity contribution >= 4 is 115 Å². The van der Waals surface area contributed by atoms with Gasteiger partial charge in [0, 0.05) is 50.9 Å². The first kappa shape index (κ1) is 34.4. The van der Waals surface area contributed by atoms with Gasteiger partial charge in [0.1, 0.15) is 16.6 Å². The number of carboxylic acid groups (broad SMARTS) is 1. The molecule has 9 rings (SSSR count). The second-order valence-corrected chi connectivity index (χ2v) is 20.3. The van der Waals surface area contributed by atoms with Gasteiger partial charge in [0.05, 0.1) is 18.8 Å². The van der Waals surface area contributed by atoms with Crippen molar-refractivity contribution in [1.29, 1.82) is 5.26 Å². The molecular formula is C43H32N2O2S6. The molecule has 0 atom stereocenters. The molecule has 1 aliphatic rings. The van der Waals surface area contributed by atoms with Gasteiger partial charge in [0.2, 0.25) is 0 Å². The number of hydrogen-bond donors (Lipinski definition) is 1. The van der Waals surface area contributed by atoms with Gasteiger partial charge in [-0.25, -0.2) is 4.79 Å². The lowest BCUT2D eigenvalue weighted by atomic mass is 9.83. The Labute approximate surface area is 331 Å². The number of fused-ring (bicyclic) bond motifs is 6. The van der Waals surface area contributed by atoms with Crippen molar-refractivity contribution in [3.63, 3.8) is 0 Å². The van der Waals surface area contributed by atoms with Gasteiger partial charge < -0.3 is 10.0 Å². The molecule has 4 nitrogen and oxygen atoms in total. The van der Waals surface area contributed by atoms with Gasteiger partial charge in [-0.1, -0.05) is 38.1 Å². The van der Waals surface area contributed by atoms with E-state index in [9.17, 15) is 15.2 Å². The Kier molecular flexibility index (Phi) is 8.20. The highest BCUT2D eigenvalue weighted by atomic mass is 32.1. The molecule has 0 amide bonds. The summed E-state index contributed by atoms with van der Waals surface area (Å²) in [5.41, 5.74) is 9.59. The van der Waals surface area contributed by atoms with E-state index in [0.717, 1.165) is 16.3 Å². The van der Waals surface area contributed by atoms with Gasteiger partial charge >= 0.3 is 5.97 Å². The summed E-state index contributed by atoms with van der Waals surface area (Å²) in [6, 6.07) is 28.3. The third kappa shape index (κ3) is 5.48. The first-order chi connectivity index (χ1) is 25.4. The Morgan fingerprint density at radius 1 is 0.679 bits per heavy atom. The minimum atomic E-state index is -1.20. The lowest BCUT2D eigenvalue weighted by Crippen LogP contribution is -2.13. The molecule has 0 saturated carbocycles. The summed E-state index contributed by atoms with van der Waals surface area (Å²) in [6.45, 7) is 13.3. The molecule has 0 spiro atoms. The Bertz CT molecular complexity index is 2830. The van der Waals surface area contributed by atoms with Gasteiger partial charge in [0.15, 0.2) is 0 Å². The first-order valence-electron chi connectivity index (χ1n) is 17.1.